The highest BCUT2D eigenvalue weighted by Gasteiger charge is 2.25. The molecule has 1 aliphatic rings. The SMILES string of the molecule is O=CN1CCC(n2c(-c3ccc(F)c(F)c3)nc3cccnc32)CC1. The summed E-state index contributed by atoms with van der Waals surface area (Å²) in [6.45, 7) is 1.30. The Balaban J connectivity index is 1.84. The summed E-state index contributed by atoms with van der Waals surface area (Å²) in [7, 11) is 0. The molecule has 0 saturated carbocycles. The van der Waals surface area contributed by atoms with Crippen molar-refractivity contribution in [3.05, 3.63) is 48.2 Å². The van der Waals surface area contributed by atoms with Gasteiger partial charge in [-0.1, -0.05) is 0 Å². The Bertz CT molecular complexity index is 932. The summed E-state index contributed by atoms with van der Waals surface area (Å²) in [5.74, 6) is -1.22. The van der Waals surface area contributed by atoms with Crippen LogP contribution >= 0.6 is 0 Å². The average Bonchev–Trinajstić information content (AvgIpc) is 3.03. The standard InChI is InChI=1S/C18H16F2N4O/c19-14-4-3-12(10-15(14)20)17-22-16-2-1-7-21-18(16)24(17)13-5-8-23(11-25)9-6-13/h1-4,7,10-11,13H,5-6,8-9H2. The van der Waals surface area contributed by atoms with E-state index in [4.69, 9.17) is 0 Å². The number of fused-ring (bicyclic) bond motifs is 1. The molecular formula is C18H16F2N4O. The number of pyridine rings is 1. The van der Waals surface area contributed by atoms with Crippen molar-refractivity contribution in [3.63, 3.8) is 0 Å². The summed E-state index contributed by atoms with van der Waals surface area (Å²) < 4.78 is 29.0. The van der Waals surface area contributed by atoms with Crippen molar-refractivity contribution in [2.45, 2.75) is 18.9 Å². The molecule has 5 nitrogen and oxygen atoms in total. The van der Waals surface area contributed by atoms with E-state index in [1.54, 1.807) is 17.2 Å². The molecule has 25 heavy (non-hydrogen) atoms. The molecule has 3 heterocycles. The first kappa shape index (κ1) is 15.7. The highest BCUT2D eigenvalue weighted by molar-refractivity contribution is 5.77. The van der Waals surface area contributed by atoms with E-state index in [0.717, 1.165) is 31.4 Å². The second-order valence-electron chi connectivity index (χ2n) is 6.15. The summed E-state index contributed by atoms with van der Waals surface area (Å²) >= 11 is 0. The summed E-state index contributed by atoms with van der Waals surface area (Å²) in [6, 6.07) is 7.53. The first-order valence-corrected chi connectivity index (χ1v) is 8.15. The Morgan fingerprint density at radius 1 is 1.12 bits per heavy atom. The first-order chi connectivity index (χ1) is 12.2. The number of amides is 1. The van der Waals surface area contributed by atoms with E-state index in [2.05, 4.69) is 9.97 Å². The largest absolute Gasteiger partial charge is 0.345 e. The Labute approximate surface area is 142 Å². The number of benzene rings is 1. The predicted octanol–water partition coefficient (Wildman–Crippen LogP) is 3.17. The van der Waals surface area contributed by atoms with Crippen LogP contribution in [0, 0.1) is 11.6 Å². The van der Waals surface area contributed by atoms with Crippen molar-refractivity contribution in [3.8, 4) is 11.4 Å². The number of nitrogens with zero attached hydrogens (tertiary/aromatic N) is 4. The van der Waals surface area contributed by atoms with Gasteiger partial charge in [0.05, 0.1) is 0 Å². The zero-order valence-electron chi connectivity index (χ0n) is 13.4. The third-order valence-corrected chi connectivity index (χ3v) is 4.64. The molecule has 7 heteroatoms. The van der Waals surface area contributed by atoms with Crippen LogP contribution in [0.4, 0.5) is 8.78 Å². The lowest BCUT2D eigenvalue weighted by atomic mass is 10.0. The predicted molar refractivity (Wildman–Crippen MR) is 88.8 cm³/mol. The number of carbonyl (C=O) groups excluding carboxylic acids is 1. The molecule has 1 aliphatic heterocycles. The van der Waals surface area contributed by atoms with Crippen LogP contribution in [0.25, 0.3) is 22.6 Å². The Morgan fingerprint density at radius 2 is 1.92 bits per heavy atom. The molecule has 1 amide bonds. The minimum absolute atomic E-state index is 0.0965. The molecule has 3 aromatic rings. The molecule has 0 N–H and O–H groups in total. The fourth-order valence-electron chi connectivity index (χ4n) is 3.36. The number of aromatic nitrogens is 3. The molecule has 1 fully saturated rings. The second kappa shape index (κ2) is 6.23. The van der Waals surface area contributed by atoms with Crippen molar-refractivity contribution >= 4 is 17.6 Å². The van der Waals surface area contributed by atoms with E-state index in [-0.39, 0.29) is 6.04 Å². The molecule has 0 unspecified atom stereocenters. The number of hydrogen-bond donors (Lipinski definition) is 0. The Kier molecular flexibility index (Phi) is 3.91. The third kappa shape index (κ3) is 2.75. The number of carbonyl (C=O) groups is 1. The van der Waals surface area contributed by atoms with Gasteiger partial charge in [0.2, 0.25) is 6.41 Å². The van der Waals surface area contributed by atoms with Crippen LogP contribution in [0.3, 0.4) is 0 Å². The van der Waals surface area contributed by atoms with Gasteiger partial charge in [-0.3, -0.25) is 4.79 Å². The highest BCUT2D eigenvalue weighted by Crippen LogP contribution is 2.32. The summed E-state index contributed by atoms with van der Waals surface area (Å²) in [4.78, 5) is 21.7. The lowest BCUT2D eigenvalue weighted by Gasteiger charge is -2.31. The number of likely N-dealkylation sites (tertiary alicyclic amines) is 1. The molecule has 128 valence electrons. The van der Waals surface area contributed by atoms with Crippen molar-refractivity contribution in [1.82, 2.24) is 19.4 Å². The molecule has 0 radical (unpaired) electrons. The maximum Gasteiger partial charge on any atom is 0.209 e. The average molecular weight is 342 g/mol. The minimum Gasteiger partial charge on any atom is -0.345 e. The van der Waals surface area contributed by atoms with Gasteiger partial charge in [-0.15, -0.1) is 0 Å². The van der Waals surface area contributed by atoms with Crippen LogP contribution in [-0.4, -0.2) is 38.9 Å². The van der Waals surface area contributed by atoms with Gasteiger partial charge in [0.1, 0.15) is 11.3 Å². The van der Waals surface area contributed by atoms with Crippen LogP contribution in [0.1, 0.15) is 18.9 Å². The van der Waals surface area contributed by atoms with E-state index < -0.39 is 11.6 Å². The van der Waals surface area contributed by atoms with Crippen molar-refractivity contribution in [1.29, 1.82) is 0 Å². The summed E-state index contributed by atoms with van der Waals surface area (Å²) in [5.41, 5.74) is 1.93. The first-order valence-electron chi connectivity index (χ1n) is 8.15. The van der Waals surface area contributed by atoms with E-state index >= 15 is 0 Å². The number of halogens is 2. The van der Waals surface area contributed by atoms with E-state index in [1.165, 1.54) is 6.07 Å². The van der Waals surface area contributed by atoms with Gasteiger partial charge in [0, 0.05) is 30.9 Å². The van der Waals surface area contributed by atoms with Crippen LogP contribution in [-0.2, 0) is 4.79 Å². The molecule has 0 spiro atoms. The normalized spacial score (nSPS) is 15.7. The fourth-order valence-corrected chi connectivity index (χ4v) is 3.36. The lowest BCUT2D eigenvalue weighted by molar-refractivity contribution is -0.119. The molecule has 0 atom stereocenters. The zero-order valence-corrected chi connectivity index (χ0v) is 13.4. The quantitative estimate of drug-likeness (QED) is 0.687. The van der Waals surface area contributed by atoms with Crippen LogP contribution in [0.2, 0.25) is 0 Å². The number of piperidine rings is 1. The smallest absolute Gasteiger partial charge is 0.209 e. The molecular weight excluding hydrogens is 326 g/mol. The van der Waals surface area contributed by atoms with Crippen molar-refractivity contribution in [2.75, 3.05) is 13.1 Å². The topological polar surface area (TPSA) is 51.0 Å². The molecule has 0 bridgehead atoms. The van der Waals surface area contributed by atoms with Gasteiger partial charge >= 0.3 is 0 Å². The van der Waals surface area contributed by atoms with Crippen LogP contribution in [0.15, 0.2) is 36.5 Å². The van der Waals surface area contributed by atoms with E-state index in [9.17, 15) is 13.6 Å². The van der Waals surface area contributed by atoms with Gasteiger partial charge in [0.15, 0.2) is 17.3 Å². The second-order valence-corrected chi connectivity index (χ2v) is 6.15. The third-order valence-electron chi connectivity index (χ3n) is 4.64. The maximum absolute atomic E-state index is 13.7. The van der Waals surface area contributed by atoms with E-state index in [1.807, 2.05) is 10.6 Å². The van der Waals surface area contributed by atoms with Gasteiger partial charge < -0.3 is 9.47 Å². The number of rotatable bonds is 3. The van der Waals surface area contributed by atoms with Gasteiger partial charge in [-0.25, -0.2) is 18.7 Å². The molecule has 1 aromatic carbocycles. The van der Waals surface area contributed by atoms with Crippen LogP contribution < -0.4 is 0 Å². The van der Waals surface area contributed by atoms with Crippen molar-refractivity contribution in [2.24, 2.45) is 0 Å². The van der Waals surface area contributed by atoms with Gasteiger partial charge in [0.25, 0.3) is 0 Å². The molecule has 0 aliphatic carbocycles. The Hall–Kier alpha value is -2.83. The van der Waals surface area contributed by atoms with Crippen LogP contribution in [0.5, 0.6) is 0 Å². The maximum atomic E-state index is 13.7. The Morgan fingerprint density at radius 3 is 2.64 bits per heavy atom. The van der Waals surface area contributed by atoms with E-state index in [0.29, 0.717) is 35.6 Å². The van der Waals surface area contributed by atoms with Gasteiger partial charge in [-0.2, -0.15) is 0 Å². The summed E-state index contributed by atoms with van der Waals surface area (Å²) in [5, 5.41) is 0. The molecule has 2 aromatic heterocycles. The molecule has 4 rings (SSSR count). The highest BCUT2D eigenvalue weighted by atomic mass is 19.2. The zero-order chi connectivity index (χ0) is 17.4. The minimum atomic E-state index is -0.903. The number of hydrogen-bond acceptors (Lipinski definition) is 3. The monoisotopic (exact) mass is 342 g/mol. The van der Waals surface area contributed by atoms with Crippen molar-refractivity contribution < 1.29 is 13.6 Å². The number of imidazole rings is 1. The lowest BCUT2D eigenvalue weighted by Crippen LogP contribution is -2.33. The summed E-state index contributed by atoms with van der Waals surface area (Å²) in [6.07, 6.45) is 4.07. The fraction of sp³-hybridized carbons (Fsp3) is 0.278. The molecule has 1 saturated heterocycles. The van der Waals surface area contributed by atoms with Gasteiger partial charge in [-0.05, 0) is 43.2 Å².